The van der Waals surface area contributed by atoms with E-state index in [1.165, 1.54) is 11.3 Å². The summed E-state index contributed by atoms with van der Waals surface area (Å²) < 4.78 is 16.9. The Bertz CT molecular complexity index is 784. The van der Waals surface area contributed by atoms with Crippen LogP contribution in [-0.4, -0.2) is 34.8 Å². The fraction of sp³-hybridized carbons (Fsp3) is 0.235. The van der Waals surface area contributed by atoms with Crippen molar-refractivity contribution in [2.75, 3.05) is 19.0 Å². The maximum atomic E-state index is 5.85. The van der Waals surface area contributed by atoms with Crippen molar-refractivity contribution in [2.24, 2.45) is 0 Å². The molecule has 1 unspecified atom stereocenters. The van der Waals surface area contributed by atoms with Gasteiger partial charge in [-0.3, -0.25) is 4.98 Å². The van der Waals surface area contributed by atoms with Crippen LogP contribution in [0.2, 0.25) is 0 Å². The Kier molecular flexibility index (Phi) is 5.76. The number of pyridine rings is 2. The molecular formula is C17H18N4O3S. The minimum atomic E-state index is -0.0440. The van der Waals surface area contributed by atoms with Crippen LogP contribution in [0.3, 0.4) is 0 Å². The minimum absolute atomic E-state index is 0.0440. The molecule has 0 aliphatic rings. The lowest BCUT2D eigenvalue weighted by Gasteiger charge is -2.15. The van der Waals surface area contributed by atoms with Crippen molar-refractivity contribution in [2.45, 2.75) is 13.0 Å². The number of ether oxygens (including phenoxy) is 3. The lowest BCUT2D eigenvalue weighted by atomic mass is 10.3. The summed E-state index contributed by atoms with van der Waals surface area (Å²) in [6, 6.07) is 5.33. The summed E-state index contributed by atoms with van der Waals surface area (Å²) in [4.78, 5) is 12.6. The Morgan fingerprint density at radius 3 is 2.72 bits per heavy atom. The Morgan fingerprint density at radius 1 is 1.16 bits per heavy atom. The third-order valence-corrected chi connectivity index (χ3v) is 3.94. The molecule has 1 atom stereocenters. The molecule has 0 aliphatic heterocycles. The van der Waals surface area contributed by atoms with Gasteiger partial charge >= 0.3 is 0 Å². The molecule has 0 radical (unpaired) electrons. The Hall–Kier alpha value is -2.71. The van der Waals surface area contributed by atoms with E-state index in [0.717, 1.165) is 5.13 Å². The zero-order valence-electron chi connectivity index (χ0n) is 13.9. The summed E-state index contributed by atoms with van der Waals surface area (Å²) in [5.74, 6) is 2.37. The first kappa shape index (κ1) is 17.1. The molecule has 8 heteroatoms. The molecule has 3 rings (SSSR count). The van der Waals surface area contributed by atoms with Gasteiger partial charge in [-0.2, -0.15) is 0 Å². The van der Waals surface area contributed by atoms with Crippen molar-refractivity contribution in [3.63, 3.8) is 0 Å². The van der Waals surface area contributed by atoms with E-state index in [1.807, 2.05) is 12.3 Å². The topological polar surface area (TPSA) is 78.4 Å². The van der Waals surface area contributed by atoms with E-state index in [2.05, 4.69) is 20.3 Å². The van der Waals surface area contributed by atoms with Crippen molar-refractivity contribution in [1.82, 2.24) is 15.0 Å². The van der Waals surface area contributed by atoms with Gasteiger partial charge in [0.05, 0.1) is 12.3 Å². The van der Waals surface area contributed by atoms with E-state index in [-0.39, 0.29) is 6.10 Å². The van der Waals surface area contributed by atoms with E-state index in [9.17, 15) is 0 Å². The first-order chi connectivity index (χ1) is 12.2. The molecule has 3 aromatic rings. The summed E-state index contributed by atoms with van der Waals surface area (Å²) in [7, 11) is 1.64. The van der Waals surface area contributed by atoms with Gasteiger partial charge in [0, 0.05) is 37.1 Å². The highest BCUT2D eigenvalue weighted by molar-refractivity contribution is 7.13. The normalized spacial score (nSPS) is 11.8. The minimum Gasteiger partial charge on any atom is -0.487 e. The molecule has 0 saturated heterocycles. The van der Waals surface area contributed by atoms with Crippen LogP contribution in [0.15, 0.2) is 48.4 Å². The molecule has 1 N–H and O–H groups in total. The number of methoxy groups -OCH3 is 1. The molecule has 0 aliphatic carbocycles. The van der Waals surface area contributed by atoms with Crippen LogP contribution in [0.4, 0.5) is 10.9 Å². The summed E-state index contributed by atoms with van der Waals surface area (Å²) >= 11 is 1.48. The summed E-state index contributed by atoms with van der Waals surface area (Å²) in [5, 5.41) is 5.77. The summed E-state index contributed by atoms with van der Waals surface area (Å²) in [5.41, 5.74) is 0. The number of aromatic nitrogens is 3. The number of hydrogen-bond donors (Lipinski definition) is 1. The third kappa shape index (κ3) is 4.88. The third-order valence-electron chi connectivity index (χ3n) is 3.25. The predicted octanol–water partition coefficient (Wildman–Crippen LogP) is 3.88. The van der Waals surface area contributed by atoms with E-state index >= 15 is 0 Å². The number of anilines is 2. The number of nitrogens with zero attached hydrogens (tertiary/aromatic N) is 3. The van der Waals surface area contributed by atoms with E-state index < -0.39 is 0 Å². The zero-order chi connectivity index (χ0) is 17.5. The molecule has 0 fully saturated rings. The maximum absolute atomic E-state index is 5.85. The van der Waals surface area contributed by atoms with Crippen LogP contribution in [0.5, 0.6) is 17.2 Å². The van der Waals surface area contributed by atoms with Gasteiger partial charge in [0.1, 0.15) is 18.1 Å². The second kappa shape index (κ2) is 8.41. The number of thiazole rings is 1. The molecule has 0 spiro atoms. The molecule has 3 aromatic heterocycles. The average Bonchev–Trinajstić information content (AvgIpc) is 3.15. The van der Waals surface area contributed by atoms with Gasteiger partial charge in [0.2, 0.25) is 0 Å². The molecule has 0 saturated carbocycles. The number of rotatable bonds is 8. The first-order valence-electron chi connectivity index (χ1n) is 7.64. The van der Waals surface area contributed by atoms with Gasteiger partial charge in [0.25, 0.3) is 0 Å². The SMILES string of the molecule is COC(C)COc1cc(Oc2ccncc2)cnc1Nc1nccs1. The molecule has 0 amide bonds. The molecular weight excluding hydrogens is 340 g/mol. The van der Waals surface area contributed by atoms with Crippen molar-refractivity contribution < 1.29 is 14.2 Å². The Balaban J connectivity index is 1.81. The van der Waals surface area contributed by atoms with E-state index in [0.29, 0.717) is 29.7 Å². The highest BCUT2D eigenvalue weighted by atomic mass is 32.1. The van der Waals surface area contributed by atoms with Gasteiger partial charge in [-0.15, -0.1) is 11.3 Å². The van der Waals surface area contributed by atoms with Crippen LogP contribution in [0, 0.1) is 0 Å². The quantitative estimate of drug-likeness (QED) is 0.654. The Morgan fingerprint density at radius 2 is 2.00 bits per heavy atom. The zero-order valence-corrected chi connectivity index (χ0v) is 14.7. The van der Waals surface area contributed by atoms with Crippen molar-refractivity contribution >= 4 is 22.3 Å². The maximum Gasteiger partial charge on any atom is 0.188 e. The fourth-order valence-electron chi connectivity index (χ4n) is 1.89. The van der Waals surface area contributed by atoms with Crippen LogP contribution in [-0.2, 0) is 4.74 Å². The van der Waals surface area contributed by atoms with Gasteiger partial charge in [-0.1, -0.05) is 0 Å². The number of nitrogens with one attached hydrogen (secondary N) is 1. The van der Waals surface area contributed by atoms with Gasteiger partial charge < -0.3 is 19.5 Å². The largest absolute Gasteiger partial charge is 0.487 e. The van der Waals surface area contributed by atoms with E-state index in [4.69, 9.17) is 14.2 Å². The predicted molar refractivity (Wildman–Crippen MR) is 95.9 cm³/mol. The molecule has 0 bridgehead atoms. The summed E-state index contributed by atoms with van der Waals surface area (Å²) in [6.07, 6.45) is 6.64. The molecule has 3 heterocycles. The van der Waals surface area contributed by atoms with Gasteiger partial charge in [-0.05, 0) is 19.1 Å². The van der Waals surface area contributed by atoms with Crippen LogP contribution >= 0.6 is 11.3 Å². The molecule has 25 heavy (non-hydrogen) atoms. The Labute approximate surface area is 149 Å². The first-order valence-corrected chi connectivity index (χ1v) is 8.52. The second-order valence-electron chi connectivity index (χ2n) is 5.12. The van der Waals surface area contributed by atoms with Gasteiger partial charge in [0.15, 0.2) is 16.7 Å². The second-order valence-corrected chi connectivity index (χ2v) is 6.02. The fourth-order valence-corrected chi connectivity index (χ4v) is 2.42. The monoisotopic (exact) mass is 358 g/mol. The van der Waals surface area contributed by atoms with Crippen molar-refractivity contribution in [1.29, 1.82) is 0 Å². The number of hydrogen-bond acceptors (Lipinski definition) is 8. The molecule has 0 aromatic carbocycles. The highest BCUT2D eigenvalue weighted by Crippen LogP contribution is 2.32. The highest BCUT2D eigenvalue weighted by Gasteiger charge is 2.12. The molecule has 130 valence electrons. The lowest BCUT2D eigenvalue weighted by Crippen LogP contribution is -2.16. The standard InChI is InChI=1S/C17H18N4O3S/c1-12(22-2)11-23-15-9-14(24-13-3-5-18-6-4-13)10-20-16(15)21-17-19-7-8-25-17/h3-10,12H,11H2,1-2H3,(H,19,20,21). The van der Waals surface area contributed by atoms with Crippen molar-refractivity contribution in [3.05, 3.63) is 48.4 Å². The van der Waals surface area contributed by atoms with Crippen LogP contribution in [0.25, 0.3) is 0 Å². The molecule has 7 nitrogen and oxygen atoms in total. The van der Waals surface area contributed by atoms with Crippen molar-refractivity contribution in [3.8, 4) is 17.2 Å². The summed E-state index contributed by atoms with van der Waals surface area (Å²) in [6.45, 7) is 2.32. The van der Waals surface area contributed by atoms with Gasteiger partial charge in [-0.25, -0.2) is 9.97 Å². The van der Waals surface area contributed by atoms with Crippen LogP contribution < -0.4 is 14.8 Å². The average molecular weight is 358 g/mol. The van der Waals surface area contributed by atoms with Crippen LogP contribution in [0.1, 0.15) is 6.92 Å². The van der Waals surface area contributed by atoms with E-state index in [1.54, 1.807) is 50.1 Å². The lowest BCUT2D eigenvalue weighted by molar-refractivity contribution is 0.0717. The smallest absolute Gasteiger partial charge is 0.188 e.